The Bertz CT molecular complexity index is 598. The Morgan fingerprint density at radius 3 is 2.62 bits per heavy atom. The van der Waals surface area contributed by atoms with E-state index in [0.29, 0.717) is 12.1 Å². The summed E-state index contributed by atoms with van der Waals surface area (Å²) in [5.41, 5.74) is 0.445. The Morgan fingerprint density at radius 1 is 1.33 bits per heavy atom. The Balaban J connectivity index is 2.41. The standard InChI is InChI=1S/C14H15F3N2OS/c1-3-18-13(12-8-19-9(2)21-12)10-6-4-5-7-11(10)20-14(15,16)17/h4-8,13,18H,3H2,1-2H3. The SMILES string of the molecule is CCNC(c1cnc(C)s1)c1ccccc1OC(F)(F)F. The second-order valence-electron chi connectivity index (χ2n) is 4.36. The van der Waals surface area contributed by atoms with Crippen LogP contribution in [0.5, 0.6) is 5.75 Å². The predicted molar refractivity (Wildman–Crippen MR) is 75.5 cm³/mol. The monoisotopic (exact) mass is 316 g/mol. The zero-order chi connectivity index (χ0) is 15.5. The van der Waals surface area contributed by atoms with Crippen LogP contribution in [0.25, 0.3) is 0 Å². The van der Waals surface area contributed by atoms with Crippen LogP contribution in [0.1, 0.15) is 28.4 Å². The molecule has 0 aliphatic heterocycles. The number of alkyl halides is 3. The minimum atomic E-state index is -4.71. The van der Waals surface area contributed by atoms with Gasteiger partial charge in [-0.25, -0.2) is 4.98 Å². The molecule has 0 spiro atoms. The quantitative estimate of drug-likeness (QED) is 0.903. The van der Waals surface area contributed by atoms with Crippen LogP contribution in [0.2, 0.25) is 0 Å². The van der Waals surface area contributed by atoms with Crippen LogP contribution in [0, 0.1) is 6.92 Å². The average Bonchev–Trinajstić information content (AvgIpc) is 2.82. The first-order valence-corrected chi connectivity index (χ1v) is 7.22. The summed E-state index contributed by atoms with van der Waals surface area (Å²) in [6, 6.07) is 5.78. The normalized spacial score (nSPS) is 13.2. The molecule has 21 heavy (non-hydrogen) atoms. The summed E-state index contributed by atoms with van der Waals surface area (Å²) >= 11 is 1.45. The number of nitrogens with zero attached hydrogens (tertiary/aromatic N) is 1. The molecule has 0 bridgehead atoms. The largest absolute Gasteiger partial charge is 0.573 e. The molecule has 0 fully saturated rings. The van der Waals surface area contributed by atoms with Crippen molar-refractivity contribution in [1.82, 2.24) is 10.3 Å². The number of rotatable bonds is 5. The molecule has 1 aromatic carbocycles. The smallest absolute Gasteiger partial charge is 0.405 e. The Kier molecular flexibility index (Phi) is 4.84. The van der Waals surface area contributed by atoms with Crippen LogP contribution < -0.4 is 10.1 Å². The minimum absolute atomic E-state index is 0.193. The molecule has 1 aromatic heterocycles. The van der Waals surface area contributed by atoms with Gasteiger partial charge in [-0.2, -0.15) is 0 Å². The number of benzene rings is 1. The van der Waals surface area contributed by atoms with E-state index in [1.807, 2.05) is 13.8 Å². The van der Waals surface area contributed by atoms with Crippen LogP contribution in [0.3, 0.4) is 0 Å². The van der Waals surface area contributed by atoms with Crippen molar-refractivity contribution in [3.8, 4) is 5.75 Å². The van der Waals surface area contributed by atoms with Gasteiger partial charge >= 0.3 is 6.36 Å². The van der Waals surface area contributed by atoms with Crippen LogP contribution >= 0.6 is 11.3 Å². The number of nitrogens with one attached hydrogen (secondary N) is 1. The first kappa shape index (κ1) is 15.8. The van der Waals surface area contributed by atoms with E-state index in [1.165, 1.54) is 23.5 Å². The number of hydrogen-bond donors (Lipinski definition) is 1. The van der Waals surface area contributed by atoms with Gasteiger partial charge in [-0.05, 0) is 19.5 Å². The Hall–Kier alpha value is -1.60. The third kappa shape index (κ3) is 4.18. The van der Waals surface area contributed by atoms with Crippen LogP contribution in [0.4, 0.5) is 13.2 Å². The van der Waals surface area contributed by atoms with E-state index in [0.717, 1.165) is 9.88 Å². The molecule has 1 atom stereocenters. The number of hydrogen-bond acceptors (Lipinski definition) is 4. The average molecular weight is 316 g/mol. The lowest BCUT2D eigenvalue weighted by molar-refractivity contribution is -0.275. The van der Waals surface area contributed by atoms with Crippen LogP contribution in [-0.2, 0) is 0 Å². The highest BCUT2D eigenvalue weighted by Crippen LogP contribution is 2.35. The molecule has 0 aliphatic carbocycles. The van der Waals surface area contributed by atoms with Gasteiger partial charge in [0, 0.05) is 16.6 Å². The van der Waals surface area contributed by atoms with Crippen molar-refractivity contribution in [2.45, 2.75) is 26.3 Å². The van der Waals surface area contributed by atoms with Crippen molar-refractivity contribution in [2.24, 2.45) is 0 Å². The number of aryl methyl sites for hydroxylation is 1. The highest BCUT2D eigenvalue weighted by atomic mass is 32.1. The summed E-state index contributed by atoms with van der Waals surface area (Å²) in [7, 11) is 0. The third-order valence-electron chi connectivity index (χ3n) is 2.79. The van der Waals surface area contributed by atoms with Crippen molar-refractivity contribution in [3.05, 3.63) is 45.9 Å². The van der Waals surface area contributed by atoms with E-state index in [4.69, 9.17) is 0 Å². The van der Waals surface area contributed by atoms with Gasteiger partial charge in [0.2, 0.25) is 0 Å². The van der Waals surface area contributed by atoms with E-state index >= 15 is 0 Å². The highest BCUT2D eigenvalue weighted by Gasteiger charge is 2.33. The fourth-order valence-electron chi connectivity index (χ4n) is 2.02. The number of halogens is 3. The molecular formula is C14H15F3N2OS. The van der Waals surface area contributed by atoms with Gasteiger partial charge in [-0.15, -0.1) is 24.5 Å². The topological polar surface area (TPSA) is 34.2 Å². The summed E-state index contributed by atoms with van der Waals surface area (Å²) in [4.78, 5) is 5.02. The van der Waals surface area contributed by atoms with Gasteiger partial charge in [-0.1, -0.05) is 25.1 Å². The molecule has 2 aromatic rings. The zero-order valence-electron chi connectivity index (χ0n) is 11.6. The molecule has 0 radical (unpaired) electrons. The van der Waals surface area contributed by atoms with Gasteiger partial charge in [0.15, 0.2) is 0 Å². The summed E-state index contributed by atoms with van der Waals surface area (Å²) in [6.07, 6.45) is -3.03. The molecule has 114 valence electrons. The zero-order valence-corrected chi connectivity index (χ0v) is 12.4. The predicted octanol–water partition coefficient (Wildman–Crippen LogP) is 4.05. The fourth-order valence-corrected chi connectivity index (χ4v) is 2.90. The molecule has 0 saturated carbocycles. The maximum Gasteiger partial charge on any atom is 0.573 e. The molecule has 3 nitrogen and oxygen atoms in total. The molecule has 0 saturated heterocycles. The van der Waals surface area contributed by atoms with E-state index in [1.54, 1.807) is 18.3 Å². The number of thiazole rings is 1. The molecule has 1 N–H and O–H groups in total. The minimum Gasteiger partial charge on any atom is -0.405 e. The lowest BCUT2D eigenvalue weighted by Crippen LogP contribution is -2.24. The first-order chi connectivity index (χ1) is 9.90. The van der Waals surface area contributed by atoms with Crippen molar-refractivity contribution in [1.29, 1.82) is 0 Å². The molecule has 1 unspecified atom stereocenters. The molecular weight excluding hydrogens is 301 g/mol. The van der Waals surface area contributed by atoms with E-state index in [9.17, 15) is 13.2 Å². The van der Waals surface area contributed by atoms with Gasteiger partial charge < -0.3 is 10.1 Å². The summed E-state index contributed by atoms with van der Waals surface area (Å²) in [5.74, 6) is -0.193. The Labute approximate surface area is 124 Å². The Morgan fingerprint density at radius 2 is 2.05 bits per heavy atom. The van der Waals surface area contributed by atoms with E-state index in [2.05, 4.69) is 15.0 Å². The summed E-state index contributed by atoms with van der Waals surface area (Å²) in [6.45, 7) is 4.37. The number of aromatic nitrogens is 1. The van der Waals surface area contributed by atoms with Gasteiger partial charge in [-0.3, -0.25) is 0 Å². The third-order valence-corrected chi connectivity index (χ3v) is 3.77. The molecule has 2 rings (SSSR count). The molecule has 0 aliphatic rings. The second-order valence-corrected chi connectivity index (χ2v) is 5.62. The lowest BCUT2D eigenvalue weighted by Gasteiger charge is -2.20. The summed E-state index contributed by atoms with van der Waals surface area (Å²) < 4.78 is 41.7. The van der Waals surface area contributed by atoms with Crippen LogP contribution in [-0.4, -0.2) is 17.9 Å². The fraction of sp³-hybridized carbons (Fsp3) is 0.357. The number of para-hydroxylation sites is 1. The summed E-state index contributed by atoms with van der Waals surface area (Å²) in [5, 5.41) is 4.04. The van der Waals surface area contributed by atoms with E-state index < -0.39 is 6.36 Å². The maximum atomic E-state index is 12.5. The molecule has 0 amide bonds. The van der Waals surface area contributed by atoms with Gasteiger partial charge in [0.1, 0.15) is 5.75 Å². The number of ether oxygens (including phenoxy) is 1. The highest BCUT2D eigenvalue weighted by molar-refractivity contribution is 7.11. The van der Waals surface area contributed by atoms with Crippen molar-refractivity contribution >= 4 is 11.3 Å². The molecule has 7 heteroatoms. The van der Waals surface area contributed by atoms with E-state index in [-0.39, 0.29) is 11.8 Å². The van der Waals surface area contributed by atoms with Crippen molar-refractivity contribution < 1.29 is 17.9 Å². The van der Waals surface area contributed by atoms with Crippen molar-refractivity contribution in [3.63, 3.8) is 0 Å². The second kappa shape index (κ2) is 6.44. The van der Waals surface area contributed by atoms with Gasteiger partial charge in [0.25, 0.3) is 0 Å². The lowest BCUT2D eigenvalue weighted by atomic mass is 10.0. The van der Waals surface area contributed by atoms with Crippen molar-refractivity contribution in [2.75, 3.05) is 6.54 Å². The molecule has 1 heterocycles. The maximum absolute atomic E-state index is 12.5. The van der Waals surface area contributed by atoms with Crippen LogP contribution in [0.15, 0.2) is 30.5 Å². The first-order valence-electron chi connectivity index (χ1n) is 6.41. The van der Waals surface area contributed by atoms with Gasteiger partial charge in [0.05, 0.1) is 11.0 Å².